The Morgan fingerprint density at radius 1 is 1.57 bits per heavy atom. The molecule has 1 atom stereocenters. The van der Waals surface area contributed by atoms with Crippen molar-refractivity contribution >= 4 is 5.97 Å². The van der Waals surface area contributed by atoms with Crippen LogP contribution in [0.5, 0.6) is 5.75 Å². The summed E-state index contributed by atoms with van der Waals surface area (Å²) in [4.78, 5) is 10.4. The first-order valence-electron chi connectivity index (χ1n) is 4.30. The second-order valence-corrected chi connectivity index (χ2v) is 3.25. The highest BCUT2D eigenvalue weighted by Gasteiger charge is 2.08. The van der Waals surface area contributed by atoms with E-state index in [1.54, 1.807) is 19.1 Å². The molecule has 0 saturated heterocycles. The van der Waals surface area contributed by atoms with E-state index in [1.807, 2.05) is 0 Å². The number of aromatic hydroxyl groups is 1. The van der Waals surface area contributed by atoms with Crippen LogP contribution in [-0.2, 0) is 11.2 Å². The summed E-state index contributed by atoms with van der Waals surface area (Å²) in [7, 11) is 0. The molecule has 0 aliphatic carbocycles. The molecule has 0 aliphatic rings. The van der Waals surface area contributed by atoms with Crippen molar-refractivity contribution in [2.45, 2.75) is 19.4 Å². The number of rotatable bonds is 3. The third-order valence-corrected chi connectivity index (χ3v) is 1.94. The van der Waals surface area contributed by atoms with Gasteiger partial charge in [0.15, 0.2) is 0 Å². The normalized spacial score (nSPS) is 12.4. The zero-order valence-electron chi connectivity index (χ0n) is 7.90. The SMILES string of the molecule is C[C@@H](N)c1ccc(CC(=O)O)cc1O. The van der Waals surface area contributed by atoms with Crippen LogP contribution in [0.15, 0.2) is 18.2 Å². The quantitative estimate of drug-likeness (QED) is 0.672. The maximum Gasteiger partial charge on any atom is 0.307 e. The summed E-state index contributed by atoms with van der Waals surface area (Å²) in [5, 5.41) is 18.0. The highest BCUT2D eigenvalue weighted by atomic mass is 16.4. The third-order valence-electron chi connectivity index (χ3n) is 1.94. The Kier molecular flexibility index (Phi) is 3.09. The number of phenols is 1. The van der Waals surface area contributed by atoms with Crippen LogP contribution < -0.4 is 5.73 Å². The van der Waals surface area contributed by atoms with Gasteiger partial charge < -0.3 is 15.9 Å². The molecule has 4 heteroatoms. The van der Waals surface area contributed by atoms with Crippen LogP contribution in [-0.4, -0.2) is 16.2 Å². The van der Waals surface area contributed by atoms with Crippen molar-refractivity contribution in [3.05, 3.63) is 29.3 Å². The van der Waals surface area contributed by atoms with E-state index in [2.05, 4.69) is 0 Å². The molecule has 76 valence electrons. The first-order chi connectivity index (χ1) is 6.50. The van der Waals surface area contributed by atoms with Gasteiger partial charge in [-0.05, 0) is 18.6 Å². The minimum atomic E-state index is -0.919. The molecule has 0 bridgehead atoms. The summed E-state index contributed by atoms with van der Waals surface area (Å²) < 4.78 is 0. The van der Waals surface area contributed by atoms with Gasteiger partial charge in [-0.25, -0.2) is 0 Å². The summed E-state index contributed by atoms with van der Waals surface area (Å²) in [5.41, 5.74) is 6.78. The van der Waals surface area contributed by atoms with E-state index >= 15 is 0 Å². The van der Waals surface area contributed by atoms with Gasteiger partial charge in [0.25, 0.3) is 0 Å². The maximum atomic E-state index is 10.4. The lowest BCUT2D eigenvalue weighted by atomic mass is 10.0. The minimum absolute atomic E-state index is 0.0544. The van der Waals surface area contributed by atoms with Gasteiger partial charge in [-0.15, -0.1) is 0 Å². The van der Waals surface area contributed by atoms with Gasteiger partial charge in [-0.2, -0.15) is 0 Å². The molecule has 4 N–H and O–H groups in total. The number of carbonyl (C=O) groups is 1. The summed E-state index contributed by atoms with van der Waals surface area (Å²) >= 11 is 0. The Balaban J connectivity index is 2.94. The Bertz CT molecular complexity index is 347. The average Bonchev–Trinajstić information content (AvgIpc) is 2.01. The summed E-state index contributed by atoms with van der Waals surface area (Å²) in [6.45, 7) is 1.76. The van der Waals surface area contributed by atoms with E-state index in [0.717, 1.165) is 0 Å². The van der Waals surface area contributed by atoms with E-state index in [9.17, 15) is 9.90 Å². The number of phenolic OH excluding ortho intramolecular Hbond substituents is 1. The highest BCUT2D eigenvalue weighted by Crippen LogP contribution is 2.23. The molecule has 14 heavy (non-hydrogen) atoms. The zero-order chi connectivity index (χ0) is 10.7. The second kappa shape index (κ2) is 4.11. The van der Waals surface area contributed by atoms with Crippen LogP contribution in [0.1, 0.15) is 24.1 Å². The van der Waals surface area contributed by atoms with Crippen LogP contribution in [0.4, 0.5) is 0 Å². The standard InChI is InChI=1S/C10H13NO3/c1-6(11)8-3-2-7(4-9(8)12)5-10(13)14/h2-4,6,12H,5,11H2,1H3,(H,13,14)/t6-/m1/s1. The van der Waals surface area contributed by atoms with Gasteiger partial charge in [0, 0.05) is 11.6 Å². The van der Waals surface area contributed by atoms with E-state index in [1.165, 1.54) is 6.07 Å². The number of hydrogen-bond donors (Lipinski definition) is 3. The van der Waals surface area contributed by atoms with Gasteiger partial charge in [0.1, 0.15) is 5.75 Å². The predicted molar refractivity (Wildman–Crippen MR) is 52.0 cm³/mol. The molecule has 0 spiro atoms. The van der Waals surface area contributed by atoms with Crippen molar-refractivity contribution in [1.82, 2.24) is 0 Å². The Hall–Kier alpha value is -1.55. The molecule has 0 radical (unpaired) electrons. The van der Waals surface area contributed by atoms with Gasteiger partial charge in [0.05, 0.1) is 6.42 Å². The number of hydrogen-bond acceptors (Lipinski definition) is 3. The molecule has 1 aromatic rings. The topological polar surface area (TPSA) is 83.6 Å². The lowest BCUT2D eigenvalue weighted by Gasteiger charge is -2.09. The Morgan fingerprint density at radius 3 is 2.64 bits per heavy atom. The molecular weight excluding hydrogens is 182 g/mol. The number of benzene rings is 1. The second-order valence-electron chi connectivity index (χ2n) is 3.25. The van der Waals surface area contributed by atoms with Crippen LogP contribution in [0.25, 0.3) is 0 Å². The van der Waals surface area contributed by atoms with Gasteiger partial charge in [-0.1, -0.05) is 12.1 Å². The molecule has 0 aliphatic heterocycles. The van der Waals surface area contributed by atoms with Gasteiger partial charge in [-0.3, -0.25) is 4.79 Å². The van der Waals surface area contributed by atoms with E-state index in [0.29, 0.717) is 11.1 Å². The van der Waals surface area contributed by atoms with Crippen molar-refractivity contribution in [2.24, 2.45) is 5.73 Å². The lowest BCUT2D eigenvalue weighted by molar-refractivity contribution is -0.136. The molecule has 0 heterocycles. The summed E-state index contributed by atoms with van der Waals surface area (Å²) in [5.74, 6) is -0.864. The minimum Gasteiger partial charge on any atom is -0.508 e. The average molecular weight is 195 g/mol. The fourth-order valence-corrected chi connectivity index (χ4v) is 1.26. The van der Waals surface area contributed by atoms with E-state index < -0.39 is 5.97 Å². The largest absolute Gasteiger partial charge is 0.508 e. The fraction of sp³-hybridized carbons (Fsp3) is 0.300. The first kappa shape index (κ1) is 10.5. The summed E-state index contributed by atoms with van der Waals surface area (Å²) in [6, 6.07) is 4.49. The smallest absolute Gasteiger partial charge is 0.307 e. The van der Waals surface area contributed by atoms with Crippen molar-refractivity contribution in [2.75, 3.05) is 0 Å². The zero-order valence-corrected chi connectivity index (χ0v) is 7.90. The lowest BCUT2D eigenvalue weighted by Crippen LogP contribution is -2.06. The van der Waals surface area contributed by atoms with Crippen LogP contribution in [0.3, 0.4) is 0 Å². The third kappa shape index (κ3) is 2.47. The Morgan fingerprint density at radius 2 is 2.21 bits per heavy atom. The monoisotopic (exact) mass is 195 g/mol. The Labute approximate surface area is 82.0 Å². The van der Waals surface area contributed by atoms with Crippen molar-refractivity contribution < 1.29 is 15.0 Å². The highest BCUT2D eigenvalue weighted by molar-refractivity contribution is 5.70. The molecule has 0 fully saturated rings. The number of aliphatic carboxylic acids is 1. The summed E-state index contributed by atoms with van der Waals surface area (Å²) in [6.07, 6.45) is -0.0905. The number of carboxylic acids is 1. The van der Waals surface area contributed by atoms with Gasteiger partial charge in [0.2, 0.25) is 0 Å². The molecule has 1 rings (SSSR count). The molecule has 1 aromatic carbocycles. The van der Waals surface area contributed by atoms with Crippen LogP contribution in [0.2, 0.25) is 0 Å². The van der Waals surface area contributed by atoms with Crippen LogP contribution >= 0.6 is 0 Å². The van der Waals surface area contributed by atoms with Crippen molar-refractivity contribution in [3.63, 3.8) is 0 Å². The number of carboxylic acid groups (broad SMARTS) is 1. The molecule has 0 saturated carbocycles. The molecular formula is C10H13NO3. The number of nitrogens with two attached hydrogens (primary N) is 1. The molecule has 4 nitrogen and oxygen atoms in total. The molecule has 0 unspecified atom stereocenters. The first-order valence-corrected chi connectivity index (χ1v) is 4.30. The van der Waals surface area contributed by atoms with Gasteiger partial charge >= 0.3 is 5.97 Å². The van der Waals surface area contributed by atoms with Crippen molar-refractivity contribution in [1.29, 1.82) is 0 Å². The fourth-order valence-electron chi connectivity index (χ4n) is 1.26. The van der Waals surface area contributed by atoms with Crippen molar-refractivity contribution in [3.8, 4) is 5.75 Å². The predicted octanol–water partition coefficient (Wildman–Crippen LogP) is 1.04. The van der Waals surface area contributed by atoms with Crippen LogP contribution in [0, 0.1) is 0 Å². The molecule has 0 aromatic heterocycles. The van der Waals surface area contributed by atoms with E-state index in [-0.39, 0.29) is 18.2 Å². The maximum absolute atomic E-state index is 10.4. The van der Waals surface area contributed by atoms with E-state index in [4.69, 9.17) is 10.8 Å². The molecule has 0 amide bonds.